The molecule has 9 heteroatoms. The second-order valence-electron chi connectivity index (χ2n) is 4.16. The molecule has 0 saturated carbocycles. The Kier molecular flexibility index (Phi) is 4.87. The summed E-state index contributed by atoms with van der Waals surface area (Å²) < 4.78 is 65.8. The van der Waals surface area contributed by atoms with E-state index in [9.17, 15) is 21.6 Å². The van der Waals surface area contributed by atoms with Gasteiger partial charge in [0.25, 0.3) is 0 Å². The molecule has 0 aliphatic heterocycles. The Morgan fingerprint density at radius 3 is 2.22 bits per heavy atom. The number of thioether (sulfide) groups is 1. The van der Waals surface area contributed by atoms with Gasteiger partial charge in [-0.1, -0.05) is 12.1 Å². The predicted octanol–water partition coefficient (Wildman–Crippen LogP) is 3.94. The maximum atomic E-state index is 12.2. The van der Waals surface area contributed by atoms with Crippen LogP contribution in [0.25, 0.3) is 0 Å². The van der Waals surface area contributed by atoms with Gasteiger partial charge in [-0.05, 0) is 48.2 Å². The number of alkyl halides is 3. The molecule has 0 aliphatic carbocycles. The van der Waals surface area contributed by atoms with Gasteiger partial charge in [0, 0.05) is 4.90 Å². The first-order chi connectivity index (χ1) is 10.7. The zero-order valence-electron chi connectivity index (χ0n) is 11.2. The summed E-state index contributed by atoms with van der Waals surface area (Å²) in [4.78, 5) is -0.453. The molecular formula is C14H8F3NO3S2. The fourth-order valence-corrected chi connectivity index (χ4v) is 3.09. The van der Waals surface area contributed by atoms with Crippen LogP contribution in [-0.4, -0.2) is 13.9 Å². The van der Waals surface area contributed by atoms with Crippen molar-refractivity contribution in [2.75, 3.05) is 0 Å². The Bertz CT molecular complexity index is 841. The Balaban J connectivity index is 2.25. The molecule has 0 fully saturated rings. The lowest BCUT2D eigenvalue weighted by molar-refractivity contribution is -0.0328. The Labute approximate surface area is 134 Å². The minimum atomic E-state index is -4.46. The Morgan fingerprint density at radius 1 is 1.04 bits per heavy atom. The van der Waals surface area contributed by atoms with Gasteiger partial charge in [-0.25, -0.2) is 0 Å². The van der Waals surface area contributed by atoms with Gasteiger partial charge in [0.15, 0.2) is 5.75 Å². The number of halogens is 3. The lowest BCUT2D eigenvalue weighted by atomic mass is 10.2. The molecule has 0 unspecified atom stereocenters. The van der Waals surface area contributed by atoms with Crippen LogP contribution < -0.4 is 4.18 Å². The standard InChI is InChI=1S/C14H8F3NO3S2/c15-14(16,17)22-11-5-7-12(8-6-11)23(19,20)21-13-4-2-1-3-10(13)9-18/h1-8H. The average Bonchev–Trinajstić information content (AvgIpc) is 2.46. The number of hydrogen-bond donors (Lipinski definition) is 0. The fourth-order valence-electron chi connectivity index (χ4n) is 1.61. The van der Waals surface area contributed by atoms with Crippen LogP contribution in [0.5, 0.6) is 5.75 Å². The van der Waals surface area contributed by atoms with Gasteiger partial charge in [-0.2, -0.15) is 26.9 Å². The third-order valence-corrected chi connectivity index (χ3v) is 4.54. The molecule has 2 aromatic rings. The van der Waals surface area contributed by atoms with Crippen LogP contribution in [0.15, 0.2) is 58.3 Å². The summed E-state index contributed by atoms with van der Waals surface area (Å²) >= 11 is -0.349. The monoisotopic (exact) mass is 359 g/mol. The second kappa shape index (κ2) is 6.52. The molecule has 120 valence electrons. The molecule has 0 atom stereocenters. The normalized spacial score (nSPS) is 11.7. The van der Waals surface area contributed by atoms with Gasteiger partial charge in [-0.3, -0.25) is 0 Å². The molecule has 0 N–H and O–H groups in total. The van der Waals surface area contributed by atoms with Gasteiger partial charge in [0.1, 0.15) is 11.0 Å². The van der Waals surface area contributed by atoms with E-state index in [-0.39, 0.29) is 32.9 Å². The van der Waals surface area contributed by atoms with Crippen molar-refractivity contribution in [3.63, 3.8) is 0 Å². The fraction of sp³-hybridized carbons (Fsp3) is 0.0714. The van der Waals surface area contributed by atoms with Crippen molar-refractivity contribution in [3.05, 3.63) is 54.1 Å². The minimum absolute atomic E-state index is 0.0281. The highest BCUT2D eigenvalue weighted by Crippen LogP contribution is 2.37. The van der Waals surface area contributed by atoms with E-state index in [0.717, 1.165) is 24.3 Å². The third kappa shape index (κ3) is 4.64. The molecule has 2 aromatic carbocycles. The Hall–Kier alpha value is -2.18. The molecular weight excluding hydrogens is 351 g/mol. The van der Waals surface area contributed by atoms with Gasteiger partial charge in [0.2, 0.25) is 0 Å². The summed E-state index contributed by atoms with van der Waals surface area (Å²) in [7, 11) is -4.25. The second-order valence-corrected chi connectivity index (χ2v) is 6.85. The van der Waals surface area contributed by atoms with Crippen LogP contribution in [-0.2, 0) is 10.1 Å². The number of rotatable bonds is 4. The van der Waals surface area contributed by atoms with E-state index < -0.39 is 15.6 Å². The lowest BCUT2D eigenvalue weighted by Gasteiger charge is -2.09. The van der Waals surface area contributed by atoms with Crippen LogP contribution >= 0.6 is 11.8 Å². The topological polar surface area (TPSA) is 67.2 Å². The largest absolute Gasteiger partial charge is 0.446 e. The quantitative estimate of drug-likeness (QED) is 0.611. The van der Waals surface area contributed by atoms with Crippen LogP contribution in [0, 0.1) is 11.3 Å². The minimum Gasteiger partial charge on any atom is -0.378 e. The number of benzene rings is 2. The molecule has 0 spiro atoms. The van der Waals surface area contributed by atoms with Crippen molar-refractivity contribution >= 4 is 21.9 Å². The predicted molar refractivity (Wildman–Crippen MR) is 77.3 cm³/mol. The molecule has 0 amide bonds. The van der Waals surface area contributed by atoms with E-state index in [1.54, 1.807) is 12.1 Å². The molecule has 0 saturated heterocycles. The van der Waals surface area contributed by atoms with E-state index >= 15 is 0 Å². The average molecular weight is 359 g/mol. The SMILES string of the molecule is N#Cc1ccccc1OS(=O)(=O)c1ccc(SC(F)(F)F)cc1. The van der Waals surface area contributed by atoms with Gasteiger partial charge >= 0.3 is 15.6 Å². The summed E-state index contributed by atoms with van der Waals surface area (Å²) in [6.45, 7) is 0. The summed E-state index contributed by atoms with van der Waals surface area (Å²) in [5, 5.41) is 8.90. The molecule has 4 nitrogen and oxygen atoms in total. The maximum Gasteiger partial charge on any atom is 0.446 e. The number of nitrogens with zero attached hydrogens (tertiary/aromatic N) is 1. The van der Waals surface area contributed by atoms with Crippen molar-refractivity contribution < 1.29 is 25.8 Å². The first-order valence-corrected chi connectivity index (χ1v) is 8.23. The first kappa shape index (κ1) is 17.2. The van der Waals surface area contributed by atoms with Crippen LogP contribution in [0.4, 0.5) is 13.2 Å². The molecule has 0 radical (unpaired) electrons. The van der Waals surface area contributed by atoms with E-state index in [1.807, 2.05) is 0 Å². The molecule has 0 aliphatic rings. The van der Waals surface area contributed by atoms with Crippen molar-refractivity contribution in [2.45, 2.75) is 15.3 Å². The van der Waals surface area contributed by atoms with Crippen molar-refractivity contribution in [2.24, 2.45) is 0 Å². The third-order valence-electron chi connectivity index (χ3n) is 2.55. The Morgan fingerprint density at radius 2 is 1.65 bits per heavy atom. The molecule has 23 heavy (non-hydrogen) atoms. The summed E-state index contributed by atoms with van der Waals surface area (Å²) in [6.07, 6.45) is 0. The van der Waals surface area contributed by atoms with Gasteiger partial charge in [0.05, 0.1) is 5.56 Å². The summed E-state index contributed by atoms with van der Waals surface area (Å²) in [5.74, 6) is -0.149. The molecule has 0 heterocycles. The number of nitriles is 1. The van der Waals surface area contributed by atoms with E-state index in [0.29, 0.717) is 0 Å². The van der Waals surface area contributed by atoms with E-state index in [1.165, 1.54) is 18.2 Å². The summed E-state index contributed by atoms with van der Waals surface area (Å²) in [6, 6.07) is 11.6. The molecule has 2 rings (SSSR count). The van der Waals surface area contributed by atoms with Crippen molar-refractivity contribution in [1.29, 1.82) is 5.26 Å². The highest BCUT2D eigenvalue weighted by molar-refractivity contribution is 8.00. The zero-order valence-corrected chi connectivity index (χ0v) is 12.9. The number of hydrogen-bond acceptors (Lipinski definition) is 5. The van der Waals surface area contributed by atoms with Gasteiger partial charge < -0.3 is 4.18 Å². The summed E-state index contributed by atoms with van der Waals surface area (Å²) in [5.41, 5.74) is -4.43. The highest BCUT2D eigenvalue weighted by atomic mass is 32.2. The maximum absolute atomic E-state index is 12.2. The van der Waals surface area contributed by atoms with Crippen molar-refractivity contribution in [3.8, 4) is 11.8 Å². The van der Waals surface area contributed by atoms with Crippen molar-refractivity contribution in [1.82, 2.24) is 0 Å². The highest BCUT2D eigenvalue weighted by Gasteiger charge is 2.29. The zero-order chi connectivity index (χ0) is 17.1. The number of para-hydroxylation sites is 1. The lowest BCUT2D eigenvalue weighted by Crippen LogP contribution is -2.10. The van der Waals surface area contributed by atoms with Crippen LogP contribution in [0.2, 0.25) is 0 Å². The first-order valence-electron chi connectivity index (χ1n) is 6.01. The van der Waals surface area contributed by atoms with Gasteiger partial charge in [-0.15, -0.1) is 0 Å². The van der Waals surface area contributed by atoms with E-state index in [2.05, 4.69) is 0 Å². The van der Waals surface area contributed by atoms with Crippen LogP contribution in [0.1, 0.15) is 5.56 Å². The smallest absolute Gasteiger partial charge is 0.378 e. The molecule has 0 aromatic heterocycles. The molecule has 0 bridgehead atoms. The van der Waals surface area contributed by atoms with Crippen LogP contribution in [0.3, 0.4) is 0 Å². The van der Waals surface area contributed by atoms with E-state index in [4.69, 9.17) is 9.44 Å².